The highest BCUT2D eigenvalue weighted by atomic mass is 16.6. The molecule has 2 fully saturated rings. The molecule has 0 saturated carbocycles. The Morgan fingerprint density at radius 1 is 1.07 bits per heavy atom. The van der Waals surface area contributed by atoms with Crippen molar-refractivity contribution in [3.05, 3.63) is 52.8 Å². The first-order chi connectivity index (χ1) is 21.0. The molecule has 234 valence electrons. The summed E-state index contributed by atoms with van der Waals surface area (Å²) in [6.07, 6.45) is 1.85. The summed E-state index contributed by atoms with van der Waals surface area (Å²) in [6, 6.07) is 12.7. The molecule has 0 radical (unpaired) electrons. The molecule has 1 amide bonds. The van der Waals surface area contributed by atoms with E-state index in [0.717, 1.165) is 78.3 Å². The van der Waals surface area contributed by atoms with Gasteiger partial charge in [0, 0.05) is 56.8 Å². The number of nitrogens with zero attached hydrogens (tertiary/aromatic N) is 6. The number of piperazine rings is 1. The molecule has 2 aliphatic heterocycles. The van der Waals surface area contributed by atoms with Crippen LogP contribution in [0.4, 0.5) is 16.3 Å². The molecule has 0 unspecified atom stereocenters. The highest BCUT2D eigenvalue weighted by Crippen LogP contribution is 2.38. The van der Waals surface area contributed by atoms with Crippen molar-refractivity contribution >= 4 is 28.5 Å². The van der Waals surface area contributed by atoms with Crippen molar-refractivity contribution in [2.45, 2.75) is 72.1 Å². The summed E-state index contributed by atoms with van der Waals surface area (Å²) in [7, 11) is 1.71. The maximum Gasteiger partial charge on any atom is 0.410 e. The van der Waals surface area contributed by atoms with E-state index in [-0.39, 0.29) is 12.1 Å². The highest BCUT2D eigenvalue weighted by Gasteiger charge is 2.31. The Labute approximate surface area is 261 Å². The second-order valence-corrected chi connectivity index (χ2v) is 12.9. The predicted molar refractivity (Wildman–Crippen MR) is 173 cm³/mol. The van der Waals surface area contributed by atoms with Crippen LogP contribution in [0.15, 0.2) is 30.3 Å². The van der Waals surface area contributed by atoms with E-state index in [1.54, 1.807) is 7.11 Å². The van der Waals surface area contributed by atoms with Crippen LogP contribution < -0.4 is 15.0 Å². The lowest BCUT2D eigenvalue weighted by Gasteiger charge is -2.43. The lowest BCUT2D eigenvalue weighted by molar-refractivity contribution is 0.00902. The molecule has 3 aromatic rings. The Kier molecular flexibility index (Phi) is 9.16. The Balaban J connectivity index is 1.30. The molecule has 5 rings (SSSR count). The largest absolute Gasteiger partial charge is 0.495 e. The van der Waals surface area contributed by atoms with Gasteiger partial charge in [-0.1, -0.05) is 12.1 Å². The summed E-state index contributed by atoms with van der Waals surface area (Å²) in [5.41, 5.74) is 4.11. The number of benzene rings is 2. The van der Waals surface area contributed by atoms with Gasteiger partial charge in [0.1, 0.15) is 23.0 Å². The Bertz CT molecular complexity index is 1550. The molecule has 10 nitrogen and oxygen atoms in total. The third-order valence-corrected chi connectivity index (χ3v) is 8.71. The number of amides is 1. The number of methoxy groups -OCH3 is 1. The summed E-state index contributed by atoms with van der Waals surface area (Å²) < 4.78 is 11.4. The lowest BCUT2D eigenvalue weighted by atomic mass is 9.98. The number of nitriles is 1. The van der Waals surface area contributed by atoms with E-state index in [4.69, 9.17) is 19.4 Å². The predicted octanol–water partition coefficient (Wildman–Crippen LogP) is 5.82. The Hall–Kier alpha value is -4.10. The number of aryl methyl sites for hydroxylation is 1. The van der Waals surface area contributed by atoms with Crippen molar-refractivity contribution in [2.75, 3.05) is 56.6 Å². The highest BCUT2D eigenvalue weighted by molar-refractivity contribution is 5.94. The van der Waals surface area contributed by atoms with Gasteiger partial charge < -0.3 is 24.6 Å². The van der Waals surface area contributed by atoms with Gasteiger partial charge >= 0.3 is 6.09 Å². The van der Waals surface area contributed by atoms with Crippen molar-refractivity contribution in [2.24, 2.45) is 0 Å². The van der Waals surface area contributed by atoms with Gasteiger partial charge in [0.25, 0.3) is 0 Å². The zero-order valence-electron chi connectivity index (χ0n) is 27.1. The van der Waals surface area contributed by atoms with E-state index in [1.807, 2.05) is 57.7 Å². The fourth-order valence-corrected chi connectivity index (χ4v) is 6.38. The van der Waals surface area contributed by atoms with Crippen LogP contribution in [-0.4, -0.2) is 83.9 Å². The summed E-state index contributed by atoms with van der Waals surface area (Å²) in [5.74, 6) is 2.25. The molecular formula is C34H45N7O3. The zero-order valence-corrected chi connectivity index (χ0v) is 27.1. The van der Waals surface area contributed by atoms with Crippen molar-refractivity contribution in [3.63, 3.8) is 0 Å². The molecule has 1 N–H and O–H groups in total. The molecule has 3 heterocycles. The number of hydrogen-bond donors (Lipinski definition) is 1. The van der Waals surface area contributed by atoms with Crippen LogP contribution in [0.25, 0.3) is 10.9 Å². The second kappa shape index (κ2) is 12.9. The molecule has 0 bridgehead atoms. The van der Waals surface area contributed by atoms with Crippen molar-refractivity contribution in [1.29, 1.82) is 5.26 Å². The van der Waals surface area contributed by atoms with E-state index >= 15 is 0 Å². The molecule has 1 atom stereocenters. The van der Waals surface area contributed by atoms with Crippen LogP contribution in [0.3, 0.4) is 0 Å². The molecule has 0 spiro atoms. The Morgan fingerprint density at radius 3 is 2.41 bits per heavy atom. The molecular weight excluding hydrogens is 554 g/mol. The first-order valence-corrected chi connectivity index (χ1v) is 15.6. The van der Waals surface area contributed by atoms with Crippen LogP contribution in [0, 0.1) is 25.2 Å². The first-order valence-electron chi connectivity index (χ1n) is 15.6. The molecule has 2 aliphatic rings. The summed E-state index contributed by atoms with van der Waals surface area (Å²) in [4.78, 5) is 28.8. The number of carbonyl (C=O) groups is 1. The minimum Gasteiger partial charge on any atom is -0.495 e. The second-order valence-electron chi connectivity index (χ2n) is 12.9. The number of aromatic nitrogens is 2. The number of fused-ring (bicyclic) bond motifs is 1. The first kappa shape index (κ1) is 31.3. The van der Waals surface area contributed by atoms with Gasteiger partial charge in [-0.2, -0.15) is 5.26 Å². The maximum absolute atomic E-state index is 12.5. The van der Waals surface area contributed by atoms with Gasteiger partial charge in [0.05, 0.1) is 36.0 Å². The normalized spacial score (nSPS) is 17.3. The number of piperidine rings is 1. The minimum absolute atomic E-state index is 0.0575. The van der Waals surface area contributed by atoms with E-state index in [2.05, 4.69) is 40.2 Å². The number of carbonyl (C=O) groups excluding carboxylic acids is 1. The fraction of sp³-hybridized carbons (Fsp3) is 0.529. The Morgan fingerprint density at radius 2 is 1.77 bits per heavy atom. The summed E-state index contributed by atoms with van der Waals surface area (Å²) >= 11 is 0. The number of ether oxygens (including phenoxy) is 2. The van der Waals surface area contributed by atoms with E-state index < -0.39 is 5.60 Å². The van der Waals surface area contributed by atoms with Crippen LogP contribution in [0.5, 0.6) is 5.75 Å². The third-order valence-electron chi connectivity index (χ3n) is 8.71. The van der Waals surface area contributed by atoms with Crippen LogP contribution in [0.1, 0.15) is 69.1 Å². The van der Waals surface area contributed by atoms with Crippen molar-refractivity contribution < 1.29 is 14.3 Å². The molecule has 1 aromatic heterocycles. The third kappa shape index (κ3) is 6.83. The van der Waals surface area contributed by atoms with Crippen molar-refractivity contribution in [3.8, 4) is 11.8 Å². The summed E-state index contributed by atoms with van der Waals surface area (Å²) in [6.45, 7) is 16.6. The minimum atomic E-state index is -0.478. The summed E-state index contributed by atoms with van der Waals surface area (Å²) in [5, 5.41) is 14.1. The molecule has 0 aliphatic carbocycles. The van der Waals surface area contributed by atoms with Gasteiger partial charge in [-0.05, 0) is 77.6 Å². The van der Waals surface area contributed by atoms with Gasteiger partial charge in [-0.3, -0.25) is 4.90 Å². The molecule has 2 aromatic carbocycles. The standard InChI is InChI=1S/C34H45N7O3/c1-22-25(21-35)9-8-10-27(22)23(2)36-32-28-19-30(31(43-7)20-29(28)37-24(3)38-32)40-13-11-26(12-14-40)39-15-17-41(18-16-39)33(42)44-34(4,5)6/h8-10,19-20,23,26H,11-18H2,1-7H3,(H,36,37,38)/t23-/m1/s1. The van der Waals surface area contributed by atoms with Gasteiger partial charge in [-0.25, -0.2) is 14.8 Å². The van der Waals surface area contributed by atoms with Gasteiger partial charge in [0.15, 0.2) is 0 Å². The molecule has 10 heteroatoms. The van der Waals surface area contributed by atoms with E-state index in [1.165, 1.54) is 0 Å². The quantitative estimate of drug-likeness (QED) is 0.375. The monoisotopic (exact) mass is 599 g/mol. The molecule has 44 heavy (non-hydrogen) atoms. The van der Waals surface area contributed by atoms with Gasteiger partial charge in [-0.15, -0.1) is 0 Å². The smallest absolute Gasteiger partial charge is 0.410 e. The topological polar surface area (TPSA) is 107 Å². The molecule has 2 saturated heterocycles. The maximum atomic E-state index is 12.5. The number of anilines is 2. The zero-order chi connectivity index (χ0) is 31.6. The number of rotatable bonds is 6. The van der Waals surface area contributed by atoms with E-state index in [0.29, 0.717) is 30.5 Å². The van der Waals surface area contributed by atoms with Crippen LogP contribution in [0.2, 0.25) is 0 Å². The van der Waals surface area contributed by atoms with Crippen LogP contribution in [-0.2, 0) is 4.74 Å². The average molecular weight is 600 g/mol. The van der Waals surface area contributed by atoms with E-state index in [9.17, 15) is 10.1 Å². The van der Waals surface area contributed by atoms with Gasteiger partial charge in [0.2, 0.25) is 0 Å². The fourth-order valence-electron chi connectivity index (χ4n) is 6.38. The lowest BCUT2D eigenvalue weighted by Crippen LogP contribution is -2.55. The number of nitrogens with one attached hydrogen (secondary N) is 1. The number of hydrogen-bond acceptors (Lipinski definition) is 9. The van der Waals surface area contributed by atoms with Crippen molar-refractivity contribution in [1.82, 2.24) is 19.8 Å². The SMILES string of the molecule is COc1cc2nc(C)nc(N[C@H](C)c3cccc(C#N)c3C)c2cc1N1CCC(N2CCN(C(=O)OC(C)(C)C)CC2)CC1. The average Bonchev–Trinajstić information content (AvgIpc) is 2.99. The van der Waals surface area contributed by atoms with Crippen LogP contribution >= 0.6 is 0 Å².